The standard InChI is InChI=1S/C21H33N3O2/c1-17-16-19(9-11-22-17)21(25)23-10-8-18-4-6-20(7-5-18)26-15-14-24-12-2-3-13-24/h4-7,17,19,22H,2-3,8-16H2,1H3,(H,23,25)/t17-,19-/m0/s1. The van der Waals surface area contributed by atoms with Crippen molar-refractivity contribution in [2.75, 3.05) is 39.3 Å². The van der Waals surface area contributed by atoms with E-state index in [0.717, 1.165) is 44.7 Å². The van der Waals surface area contributed by atoms with Crippen LogP contribution in [-0.2, 0) is 11.2 Å². The average molecular weight is 360 g/mol. The fourth-order valence-electron chi connectivity index (χ4n) is 3.90. The van der Waals surface area contributed by atoms with Crippen LogP contribution in [0, 0.1) is 5.92 Å². The fraction of sp³-hybridized carbons (Fsp3) is 0.667. The van der Waals surface area contributed by atoms with Gasteiger partial charge in [-0.05, 0) is 76.4 Å². The number of carbonyl (C=O) groups excluding carboxylic acids is 1. The molecule has 0 saturated carbocycles. The molecule has 144 valence electrons. The first-order valence-electron chi connectivity index (χ1n) is 10.2. The van der Waals surface area contributed by atoms with Crippen LogP contribution in [0.4, 0.5) is 0 Å². The first-order chi connectivity index (χ1) is 12.7. The molecule has 0 unspecified atom stereocenters. The van der Waals surface area contributed by atoms with Crippen molar-refractivity contribution >= 4 is 5.91 Å². The quantitative estimate of drug-likeness (QED) is 0.747. The summed E-state index contributed by atoms with van der Waals surface area (Å²) in [6, 6.07) is 8.72. The van der Waals surface area contributed by atoms with Gasteiger partial charge < -0.3 is 15.4 Å². The van der Waals surface area contributed by atoms with E-state index in [4.69, 9.17) is 4.74 Å². The van der Waals surface area contributed by atoms with Crippen LogP contribution in [0.5, 0.6) is 5.75 Å². The molecule has 3 rings (SSSR count). The maximum Gasteiger partial charge on any atom is 0.223 e. The number of nitrogens with one attached hydrogen (secondary N) is 2. The van der Waals surface area contributed by atoms with Crippen LogP contribution in [0.2, 0.25) is 0 Å². The Morgan fingerprint density at radius 3 is 2.77 bits per heavy atom. The summed E-state index contributed by atoms with van der Waals surface area (Å²) in [7, 11) is 0. The van der Waals surface area contributed by atoms with Crippen molar-refractivity contribution in [1.29, 1.82) is 0 Å². The lowest BCUT2D eigenvalue weighted by atomic mass is 9.92. The van der Waals surface area contributed by atoms with Gasteiger partial charge in [0.15, 0.2) is 0 Å². The smallest absolute Gasteiger partial charge is 0.223 e. The van der Waals surface area contributed by atoms with E-state index in [9.17, 15) is 4.79 Å². The second-order valence-electron chi connectivity index (χ2n) is 7.66. The van der Waals surface area contributed by atoms with Gasteiger partial charge in [0.1, 0.15) is 12.4 Å². The Kier molecular flexibility index (Phi) is 7.32. The number of rotatable bonds is 8. The average Bonchev–Trinajstić information content (AvgIpc) is 3.16. The summed E-state index contributed by atoms with van der Waals surface area (Å²) >= 11 is 0. The zero-order chi connectivity index (χ0) is 18.2. The third-order valence-electron chi connectivity index (χ3n) is 5.51. The van der Waals surface area contributed by atoms with Gasteiger partial charge in [-0.25, -0.2) is 0 Å². The van der Waals surface area contributed by atoms with Crippen LogP contribution in [-0.4, -0.2) is 56.2 Å². The van der Waals surface area contributed by atoms with Crippen molar-refractivity contribution in [1.82, 2.24) is 15.5 Å². The van der Waals surface area contributed by atoms with Crippen molar-refractivity contribution in [2.24, 2.45) is 5.92 Å². The lowest BCUT2D eigenvalue weighted by molar-refractivity contribution is -0.126. The normalized spacial score (nSPS) is 23.7. The zero-order valence-corrected chi connectivity index (χ0v) is 16.0. The molecule has 5 heteroatoms. The minimum atomic E-state index is 0.164. The highest BCUT2D eigenvalue weighted by Crippen LogP contribution is 2.16. The molecular weight excluding hydrogens is 326 g/mol. The maximum absolute atomic E-state index is 12.3. The minimum Gasteiger partial charge on any atom is -0.492 e. The van der Waals surface area contributed by atoms with E-state index in [1.807, 2.05) is 12.1 Å². The van der Waals surface area contributed by atoms with Crippen LogP contribution in [0.1, 0.15) is 38.2 Å². The van der Waals surface area contributed by atoms with Gasteiger partial charge in [-0.2, -0.15) is 0 Å². The number of piperidine rings is 1. The van der Waals surface area contributed by atoms with Gasteiger partial charge in [-0.1, -0.05) is 12.1 Å². The molecule has 5 nitrogen and oxygen atoms in total. The van der Waals surface area contributed by atoms with Crippen LogP contribution >= 0.6 is 0 Å². The monoisotopic (exact) mass is 359 g/mol. The number of nitrogens with zero attached hydrogens (tertiary/aromatic N) is 1. The largest absolute Gasteiger partial charge is 0.492 e. The van der Waals surface area contributed by atoms with Crippen molar-refractivity contribution in [3.63, 3.8) is 0 Å². The van der Waals surface area contributed by atoms with Gasteiger partial charge >= 0.3 is 0 Å². The second-order valence-corrected chi connectivity index (χ2v) is 7.66. The van der Waals surface area contributed by atoms with E-state index in [1.165, 1.54) is 31.5 Å². The molecule has 2 aliphatic heterocycles. The highest BCUT2D eigenvalue weighted by molar-refractivity contribution is 5.78. The van der Waals surface area contributed by atoms with Crippen molar-refractivity contribution in [3.05, 3.63) is 29.8 Å². The SMILES string of the molecule is C[C@H]1C[C@@H](C(=O)NCCc2ccc(OCCN3CCCC3)cc2)CCN1. The third kappa shape index (κ3) is 5.99. The van der Waals surface area contributed by atoms with E-state index in [-0.39, 0.29) is 11.8 Å². The number of hydrogen-bond donors (Lipinski definition) is 2. The Labute approximate surface area is 157 Å². The van der Waals surface area contributed by atoms with E-state index in [2.05, 4.69) is 34.6 Å². The van der Waals surface area contributed by atoms with Gasteiger partial charge in [0.25, 0.3) is 0 Å². The first-order valence-corrected chi connectivity index (χ1v) is 10.2. The molecule has 26 heavy (non-hydrogen) atoms. The van der Waals surface area contributed by atoms with Gasteiger partial charge in [-0.15, -0.1) is 0 Å². The molecule has 2 heterocycles. The molecule has 0 radical (unpaired) electrons. The predicted octanol–water partition coefficient (Wildman–Crippen LogP) is 2.21. The predicted molar refractivity (Wildman–Crippen MR) is 105 cm³/mol. The van der Waals surface area contributed by atoms with E-state index in [0.29, 0.717) is 12.6 Å². The lowest BCUT2D eigenvalue weighted by Gasteiger charge is -2.27. The van der Waals surface area contributed by atoms with Crippen LogP contribution in [0.25, 0.3) is 0 Å². The number of ether oxygens (including phenoxy) is 1. The molecule has 0 bridgehead atoms. The minimum absolute atomic E-state index is 0.164. The maximum atomic E-state index is 12.3. The molecule has 2 N–H and O–H groups in total. The van der Waals surface area contributed by atoms with E-state index >= 15 is 0 Å². The third-order valence-corrected chi connectivity index (χ3v) is 5.51. The van der Waals surface area contributed by atoms with Crippen LogP contribution in [0.3, 0.4) is 0 Å². The zero-order valence-electron chi connectivity index (χ0n) is 16.0. The number of amides is 1. The van der Waals surface area contributed by atoms with Gasteiger partial charge in [0.05, 0.1) is 0 Å². The summed E-state index contributed by atoms with van der Waals surface area (Å²) < 4.78 is 5.84. The number of hydrogen-bond acceptors (Lipinski definition) is 4. The van der Waals surface area contributed by atoms with E-state index in [1.54, 1.807) is 0 Å². The van der Waals surface area contributed by atoms with E-state index < -0.39 is 0 Å². The lowest BCUT2D eigenvalue weighted by Crippen LogP contribution is -2.42. The number of carbonyl (C=O) groups is 1. The Morgan fingerprint density at radius 1 is 1.27 bits per heavy atom. The molecule has 1 aromatic rings. The number of benzene rings is 1. The molecule has 2 fully saturated rings. The summed E-state index contributed by atoms with van der Waals surface area (Å²) in [4.78, 5) is 14.7. The molecule has 1 amide bonds. The molecule has 1 aromatic carbocycles. The molecular formula is C21H33N3O2. The Balaban J connectivity index is 1.32. The molecule has 0 spiro atoms. The van der Waals surface area contributed by atoms with Gasteiger partial charge in [-0.3, -0.25) is 9.69 Å². The van der Waals surface area contributed by atoms with Gasteiger partial charge in [0, 0.05) is 25.0 Å². The Bertz CT molecular complexity index is 555. The topological polar surface area (TPSA) is 53.6 Å². The van der Waals surface area contributed by atoms with Crippen LogP contribution in [0.15, 0.2) is 24.3 Å². The molecule has 2 saturated heterocycles. The molecule has 2 atom stereocenters. The summed E-state index contributed by atoms with van der Waals surface area (Å²) in [6.07, 6.45) is 5.39. The summed E-state index contributed by atoms with van der Waals surface area (Å²) in [6.45, 7) is 7.99. The summed E-state index contributed by atoms with van der Waals surface area (Å²) in [5, 5.41) is 6.49. The molecule has 0 aliphatic carbocycles. The fourth-order valence-corrected chi connectivity index (χ4v) is 3.90. The highest BCUT2D eigenvalue weighted by atomic mass is 16.5. The van der Waals surface area contributed by atoms with Crippen molar-refractivity contribution in [2.45, 2.75) is 45.1 Å². The molecule has 2 aliphatic rings. The van der Waals surface area contributed by atoms with Crippen molar-refractivity contribution < 1.29 is 9.53 Å². The highest BCUT2D eigenvalue weighted by Gasteiger charge is 2.24. The van der Waals surface area contributed by atoms with Gasteiger partial charge in [0.2, 0.25) is 5.91 Å². The Morgan fingerprint density at radius 2 is 2.04 bits per heavy atom. The summed E-state index contributed by atoms with van der Waals surface area (Å²) in [5.74, 6) is 1.30. The summed E-state index contributed by atoms with van der Waals surface area (Å²) in [5.41, 5.74) is 1.23. The second kappa shape index (κ2) is 9.93. The molecule has 0 aromatic heterocycles. The number of likely N-dealkylation sites (tertiary alicyclic amines) is 1. The first kappa shape index (κ1) is 19.2. The Hall–Kier alpha value is -1.59. The van der Waals surface area contributed by atoms with Crippen molar-refractivity contribution in [3.8, 4) is 5.75 Å². The van der Waals surface area contributed by atoms with Crippen LogP contribution < -0.4 is 15.4 Å².